The molecule has 0 atom stereocenters. The van der Waals surface area contributed by atoms with Crippen LogP contribution < -0.4 is 19.9 Å². The van der Waals surface area contributed by atoms with Gasteiger partial charge < -0.3 is 19.9 Å². The molecule has 0 unspecified atom stereocenters. The number of methoxy groups -OCH3 is 2. The molecule has 0 saturated heterocycles. The highest BCUT2D eigenvalue weighted by Gasteiger charge is 2.14. The maximum absolute atomic E-state index is 8.85. The quantitative estimate of drug-likeness (QED) is 0.903. The molecule has 102 valence electrons. The first kappa shape index (κ1) is 13.4. The van der Waals surface area contributed by atoms with Crippen LogP contribution in [0.2, 0.25) is 0 Å². The van der Waals surface area contributed by atoms with E-state index in [1.807, 2.05) is 6.07 Å². The SMILES string of the molecule is COc1cc(C#N)ccc1Oc1ncnc(N)c1OC. The van der Waals surface area contributed by atoms with Gasteiger partial charge in [-0.2, -0.15) is 10.2 Å². The van der Waals surface area contributed by atoms with Crippen LogP contribution in [-0.2, 0) is 0 Å². The lowest BCUT2D eigenvalue weighted by Gasteiger charge is -2.12. The van der Waals surface area contributed by atoms with Crippen molar-refractivity contribution >= 4 is 5.82 Å². The highest BCUT2D eigenvalue weighted by molar-refractivity contribution is 5.54. The fourth-order valence-corrected chi connectivity index (χ4v) is 1.56. The summed E-state index contributed by atoms with van der Waals surface area (Å²) in [6.45, 7) is 0. The highest BCUT2D eigenvalue weighted by atomic mass is 16.5. The minimum absolute atomic E-state index is 0.169. The second kappa shape index (κ2) is 5.75. The summed E-state index contributed by atoms with van der Waals surface area (Å²) in [5, 5.41) is 8.85. The van der Waals surface area contributed by atoms with Crippen LogP contribution in [0.25, 0.3) is 0 Å². The average molecular weight is 272 g/mol. The Labute approximate surface area is 115 Å². The summed E-state index contributed by atoms with van der Waals surface area (Å²) >= 11 is 0. The fraction of sp³-hybridized carbons (Fsp3) is 0.154. The Bertz CT molecular complexity index is 667. The highest BCUT2D eigenvalue weighted by Crippen LogP contribution is 2.36. The van der Waals surface area contributed by atoms with E-state index in [1.165, 1.54) is 20.5 Å². The Hall–Kier alpha value is -3.01. The Balaban J connectivity index is 2.40. The van der Waals surface area contributed by atoms with E-state index in [-0.39, 0.29) is 17.4 Å². The van der Waals surface area contributed by atoms with Gasteiger partial charge >= 0.3 is 0 Å². The summed E-state index contributed by atoms with van der Waals surface area (Å²) in [6, 6.07) is 6.79. The molecule has 0 radical (unpaired) electrons. The monoisotopic (exact) mass is 272 g/mol. The maximum atomic E-state index is 8.85. The number of hydrogen-bond donors (Lipinski definition) is 1. The van der Waals surface area contributed by atoms with Gasteiger partial charge in [0.05, 0.1) is 25.9 Å². The number of aromatic nitrogens is 2. The van der Waals surface area contributed by atoms with E-state index in [0.29, 0.717) is 17.1 Å². The van der Waals surface area contributed by atoms with Crippen molar-refractivity contribution in [1.29, 1.82) is 5.26 Å². The topological polar surface area (TPSA) is 103 Å². The molecule has 0 bridgehead atoms. The zero-order valence-electron chi connectivity index (χ0n) is 11.0. The van der Waals surface area contributed by atoms with E-state index < -0.39 is 0 Å². The number of benzene rings is 1. The Morgan fingerprint density at radius 1 is 1.15 bits per heavy atom. The zero-order chi connectivity index (χ0) is 14.5. The molecule has 2 N–H and O–H groups in total. The standard InChI is InChI=1S/C13H12N4O3/c1-18-10-5-8(6-14)3-4-9(10)20-13-11(19-2)12(15)16-7-17-13/h3-5,7H,1-2H3,(H2,15,16,17). The molecule has 0 fully saturated rings. The number of nitriles is 1. The van der Waals surface area contributed by atoms with Gasteiger partial charge in [-0.1, -0.05) is 0 Å². The molecule has 0 aliphatic heterocycles. The summed E-state index contributed by atoms with van der Waals surface area (Å²) in [5.41, 5.74) is 6.13. The van der Waals surface area contributed by atoms with Crippen LogP contribution >= 0.6 is 0 Å². The van der Waals surface area contributed by atoms with E-state index >= 15 is 0 Å². The normalized spacial score (nSPS) is 9.65. The molecule has 1 aromatic heterocycles. The van der Waals surface area contributed by atoms with E-state index in [2.05, 4.69) is 9.97 Å². The van der Waals surface area contributed by atoms with E-state index in [1.54, 1.807) is 18.2 Å². The number of nitrogens with two attached hydrogens (primary N) is 1. The number of ether oxygens (including phenoxy) is 3. The molecule has 1 aromatic carbocycles. The van der Waals surface area contributed by atoms with E-state index in [0.717, 1.165) is 0 Å². The van der Waals surface area contributed by atoms with Gasteiger partial charge in [0.25, 0.3) is 5.88 Å². The van der Waals surface area contributed by atoms with Gasteiger partial charge in [-0.3, -0.25) is 0 Å². The number of anilines is 1. The Kier molecular flexibility index (Phi) is 3.86. The summed E-state index contributed by atoms with van der Waals surface area (Å²) in [6.07, 6.45) is 1.27. The van der Waals surface area contributed by atoms with Crippen LogP contribution in [0.15, 0.2) is 24.5 Å². The van der Waals surface area contributed by atoms with Crippen molar-refractivity contribution in [1.82, 2.24) is 9.97 Å². The van der Waals surface area contributed by atoms with Gasteiger partial charge in [0.15, 0.2) is 17.3 Å². The predicted octanol–water partition coefficient (Wildman–Crippen LogP) is 1.74. The summed E-state index contributed by atoms with van der Waals surface area (Å²) in [7, 11) is 2.92. The summed E-state index contributed by atoms with van der Waals surface area (Å²) in [4.78, 5) is 7.77. The molecule has 0 aliphatic carbocycles. The van der Waals surface area contributed by atoms with Gasteiger partial charge in [-0.25, -0.2) is 4.98 Å². The third kappa shape index (κ3) is 2.54. The van der Waals surface area contributed by atoms with Crippen LogP contribution in [0.5, 0.6) is 23.1 Å². The van der Waals surface area contributed by atoms with Crippen molar-refractivity contribution in [2.45, 2.75) is 0 Å². The van der Waals surface area contributed by atoms with Gasteiger partial charge in [0.2, 0.25) is 5.75 Å². The van der Waals surface area contributed by atoms with Crippen LogP contribution in [-0.4, -0.2) is 24.2 Å². The average Bonchev–Trinajstić information content (AvgIpc) is 2.48. The molecule has 1 heterocycles. The predicted molar refractivity (Wildman–Crippen MR) is 70.8 cm³/mol. The van der Waals surface area contributed by atoms with Crippen molar-refractivity contribution in [3.05, 3.63) is 30.1 Å². The molecule has 7 nitrogen and oxygen atoms in total. The van der Waals surface area contributed by atoms with E-state index in [4.69, 9.17) is 25.2 Å². The van der Waals surface area contributed by atoms with Gasteiger partial charge in [0.1, 0.15) is 6.33 Å². The summed E-state index contributed by atoms with van der Waals surface area (Å²) in [5.74, 6) is 1.37. The lowest BCUT2D eigenvalue weighted by molar-refractivity contribution is 0.348. The Morgan fingerprint density at radius 3 is 2.60 bits per heavy atom. The molecule has 0 saturated carbocycles. The van der Waals surface area contributed by atoms with Crippen molar-refractivity contribution in [3.63, 3.8) is 0 Å². The largest absolute Gasteiger partial charge is 0.493 e. The zero-order valence-corrected chi connectivity index (χ0v) is 11.0. The lowest BCUT2D eigenvalue weighted by atomic mass is 10.2. The van der Waals surface area contributed by atoms with Crippen LogP contribution in [0, 0.1) is 11.3 Å². The molecular weight excluding hydrogens is 260 g/mol. The van der Waals surface area contributed by atoms with Crippen LogP contribution in [0.4, 0.5) is 5.82 Å². The first-order chi connectivity index (χ1) is 9.69. The fourth-order valence-electron chi connectivity index (χ4n) is 1.56. The van der Waals surface area contributed by atoms with Crippen molar-refractivity contribution in [2.75, 3.05) is 20.0 Å². The van der Waals surface area contributed by atoms with Gasteiger partial charge in [-0.05, 0) is 12.1 Å². The summed E-state index contributed by atoms with van der Waals surface area (Å²) < 4.78 is 15.9. The van der Waals surface area contributed by atoms with E-state index in [9.17, 15) is 0 Å². The Morgan fingerprint density at radius 2 is 1.95 bits per heavy atom. The van der Waals surface area contributed by atoms with Gasteiger partial charge in [-0.15, -0.1) is 0 Å². The van der Waals surface area contributed by atoms with Crippen molar-refractivity contribution < 1.29 is 14.2 Å². The molecule has 0 amide bonds. The molecular formula is C13H12N4O3. The smallest absolute Gasteiger partial charge is 0.268 e. The third-order valence-corrected chi connectivity index (χ3v) is 2.50. The number of hydrogen-bond acceptors (Lipinski definition) is 7. The number of nitrogen functional groups attached to an aromatic ring is 1. The van der Waals surface area contributed by atoms with Crippen molar-refractivity contribution in [2.24, 2.45) is 0 Å². The number of rotatable bonds is 4. The molecule has 7 heteroatoms. The van der Waals surface area contributed by atoms with Crippen LogP contribution in [0.3, 0.4) is 0 Å². The third-order valence-electron chi connectivity index (χ3n) is 2.50. The lowest BCUT2D eigenvalue weighted by Crippen LogP contribution is -2.01. The molecule has 20 heavy (non-hydrogen) atoms. The maximum Gasteiger partial charge on any atom is 0.268 e. The second-order valence-electron chi connectivity index (χ2n) is 3.68. The molecule has 0 spiro atoms. The minimum Gasteiger partial charge on any atom is -0.493 e. The first-order valence-electron chi connectivity index (χ1n) is 5.60. The minimum atomic E-state index is 0.169. The van der Waals surface area contributed by atoms with Crippen LogP contribution in [0.1, 0.15) is 5.56 Å². The second-order valence-corrected chi connectivity index (χ2v) is 3.68. The first-order valence-corrected chi connectivity index (χ1v) is 5.60. The molecule has 0 aliphatic rings. The molecule has 2 rings (SSSR count). The van der Waals surface area contributed by atoms with Crippen molar-refractivity contribution in [3.8, 4) is 29.2 Å². The van der Waals surface area contributed by atoms with Gasteiger partial charge in [0, 0.05) is 6.07 Å². The number of nitrogens with zero attached hydrogens (tertiary/aromatic N) is 3. The molecule has 2 aromatic rings.